The Kier molecular flexibility index (Phi) is 5.41. The van der Waals surface area contributed by atoms with Crippen molar-refractivity contribution in [1.29, 1.82) is 0 Å². The largest absolute Gasteiger partial charge is 0.313 e. The molecule has 2 aromatic rings. The molecular formula is C15H18BrClFN3. The van der Waals surface area contributed by atoms with Crippen LogP contribution in [0.2, 0.25) is 5.02 Å². The maximum Gasteiger partial charge on any atom is 0.128 e. The number of halogens is 3. The van der Waals surface area contributed by atoms with Crippen LogP contribution in [-0.4, -0.2) is 16.8 Å². The molecule has 3 nitrogen and oxygen atoms in total. The van der Waals surface area contributed by atoms with Crippen molar-refractivity contribution in [1.82, 2.24) is 15.1 Å². The highest BCUT2D eigenvalue weighted by Gasteiger charge is 2.20. The number of benzene rings is 1. The Balaban J connectivity index is 2.36. The molecule has 0 aliphatic carbocycles. The fraction of sp³-hybridized carbons (Fsp3) is 0.400. The smallest absolute Gasteiger partial charge is 0.128 e. The van der Waals surface area contributed by atoms with Crippen molar-refractivity contribution in [3.8, 4) is 0 Å². The standard InChI is InChI=1S/C15H18BrClFN3/c1-4-12-15(16)14(21(3)20-12)8-13(19-2)10-7-9(17)5-6-11(10)18/h5-7,13,19H,4,8H2,1-3H3. The number of likely N-dealkylation sites (N-methyl/N-ethyl adjacent to an activating group) is 1. The Bertz CT molecular complexity index is 642. The highest BCUT2D eigenvalue weighted by molar-refractivity contribution is 9.10. The molecule has 1 unspecified atom stereocenters. The van der Waals surface area contributed by atoms with Gasteiger partial charge in [-0.15, -0.1) is 0 Å². The van der Waals surface area contributed by atoms with Crippen molar-refractivity contribution in [2.75, 3.05) is 7.05 Å². The van der Waals surface area contributed by atoms with E-state index in [1.54, 1.807) is 12.1 Å². The van der Waals surface area contributed by atoms with Crippen molar-refractivity contribution in [2.45, 2.75) is 25.8 Å². The molecule has 1 aromatic carbocycles. The third-order valence-electron chi connectivity index (χ3n) is 3.58. The van der Waals surface area contributed by atoms with E-state index >= 15 is 0 Å². The van der Waals surface area contributed by atoms with Gasteiger partial charge in [-0.2, -0.15) is 5.10 Å². The summed E-state index contributed by atoms with van der Waals surface area (Å²) in [5.41, 5.74) is 2.61. The Morgan fingerprint density at radius 3 is 2.76 bits per heavy atom. The molecule has 0 spiro atoms. The third-order valence-corrected chi connectivity index (χ3v) is 4.73. The summed E-state index contributed by atoms with van der Waals surface area (Å²) in [6, 6.07) is 4.46. The molecule has 0 aliphatic rings. The molecule has 0 saturated carbocycles. The highest BCUT2D eigenvalue weighted by atomic mass is 79.9. The van der Waals surface area contributed by atoms with Crippen LogP contribution in [0.1, 0.15) is 29.9 Å². The van der Waals surface area contributed by atoms with Gasteiger partial charge in [-0.3, -0.25) is 4.68 Å². The van der Waals surface area contributed by atoms with Gasteiger partial charge >= 0.3 is 0 Å². The first-order valence-corrected chi connectivity index (χ1v) is 7.97. The predicted molar refractivity (Wildman–Crippen MR) is 87.2 cm³/mol. The van der Waals surface area contributed by atoms with Crippen LogP contribution in [0.25, 0.3) is 0 Å². The average Bonchev–Trinajstić information content (AvgIpc) is 2.74. The molecule has 0 aliphatic heterocycles. The molecule has 0 radical (unpaired) electrons. The minimum atomic E-state index is -0.257. The molecule has 1 heterocycles. The molecule has 0 amide bonds. The van der Waals surface area contributed by atoms with E-state index in [1.807, 2.05) is 18.8 Å². The molecular weight excluding hydrogens is 357 g/mol. The lowest BCUT2D eigenvalue weighted by Gasteiger charge is -2.18. The Morgan fingerprint density at radius 2 is 2.19 bits per heavy atom. The molecule has 1 N–H and O–H groups in total. The van der Waals surface area contributed by atoms with Gasteiger partial charge in [-0.1, -0.05) is 18.5 Å². The van der Waals surface area contributed by atoms with Crippen LogP contribution < -0.4 is 5.32 Å². The maximum atomic E-state index is 14.0. The van der Waals surface area contributed by atoms with Crippen molar-refractivity contribution in [3.05, 3.63) is 50.5 Å². The number of nitrogens with zero attached hydrogens (tertiary/aromatic N) is 2. The number of rotatable bonds is 5. The summed E-state index contributed by atoms with van der Waals surface area (Å²) in [5, 5.41) is 8.16. The first-order chi connectivity index (χ1) is 9.97. The molecule has 1 aromatic heterocycles. The van der Waals surface area contributed by atoms with Gasteiger partial charge in [0, 0.05) is 30.1 Å². The summed E-state index contributed by atoms with van der Waals surface area (Å²) in [6.45, 7) is 2.06. The molecule has 114 valence electrons. The Hall–Kier alpha value is -0.910. The third kappa shape index (κ3) is 3.47. The van der Waals surface area contributed by atoms with E-state index in [-0.39, 0.29) is 11.9 Å². The lowest BCUT2D eigenvalue weighted by atomic mass is 10.0. The lowest BCUT2D eigenvalue weighted by molar-refractivity contribution is 0.519. The summed E-state index contributed by atoms with van der Waals surface area (Å²) in [4.78, 5) is 0. The second-order valence-electron chi connectivity index (χ2n) is 4.90. The SMILES string of the molecule is CCc1nn(C)c(CC(NC)c2cc(Cl)ccc2F)c1Br. The van der Waals surface area contributed by atoms with Gasteiger partial charge < -0.3 is 5.32 Å². The number of nitrogens with one attached hydrogen (secondary N) is 1. The minimum Gasteiger partial charge on any atom is -0.313 e. The molecule has 2 rings (SSSR count). The zero-order valence-corrected chi connectivity index (χ0v) is 14.6. The maximum absolute atomic E-state index is 14.0. The summed E-state index contributed by atoms with van der Waals surface area (Å²) >= 11 is 9.58. The van der Waals surface area contributed by atoms with Crippen LogP contribution in [0.3, 0.4) is 0 Å². The van der Waals surface area contributed by atoms with Gasteiger partial charge in [0.05, 0.1) is 15.9 Å². The lowest BCUT2D eigenvalue weighted by Crippen LogP contribution is -2.21. The predicted octanol–water partition coefficient (Wildman–Crippen LogP) is 4.04. The van der Waals surface area contributed by atoms with Crippen LogP contribution >= 0.6 is 27.5 Å². The fourth-order valence-corrected chi connectivity index (χ4v) is 3.34. The van der Waals surface area contributed by atoms with Gasteiger partial charge in [0.1, 0.15) is 5.82 Å². The average molecular weight is 375 g/mol. The van der Waals surface area contributed by atoms with Crippen molar-refractivity contribution in [3.63, 3.8) is 0 Å². The second kappa shape index (κ2) is 6.90. The van der Waals surface area contributed by atoms with Gasteiger partial charge in [0.2, 0.25) is 0 Å². The van der Waals surface area contributed by atoms with Gasteiger partial charge in [-0.25, -0.2) is 4.39 Å². The van der Waals surface area contributed by atoms with Crippen LogP contribution in [-0.2, 0) is 19.9 Å². The number of aromatic nitrogens is 2. The van der Waals surface area contributed by atoms with Gasteiger partial charge in [0.15, 0.2) is 0 Å². The normalized spacial score (nSPS) is 12.7. The zero-order chi connectivity index (χ0) is 15.6. The fourth-order valence-electron chi connectivity index (χ4n) is 2.38. The summed E-state index contributed by atoms with van der Waals surface area (Å²) < 4.78 is 16.9. The molecule has 0 saturated heterocycles. The van der Waals surface area contributed by atoms with Crippen LogP contribution in [0.5, 0.6) is 0 Å². The monoisotopic (exact) mass is 373 g/mol. The summed E-state index contributed by atoms with van der Waals surface area (Å²) in [7, 11) is 3.72. The van der Waals surface area contributed by atoms with Crippen LogP contribution in [0.4, 0.5) is 4.39 Å². The van der Waals surface area contributed by atoms with E-state index in [2.05, 4.69) is 33.3 Å². The highest BCUT2D eigenvalue weighted by Crippen LogP contribution is 2.28. The van der Waals surface area contributed by atoms with E-state index in [0.717, 1.165) is 22.3 Å². The van der Waals surface area contributed by atoms with Gasteiger partial charge in [-0.05, 0) is 47.6 Å². The number of aryl methyl sites for hydroxylation is 2. The molecule has 6 heteroatoms. The Labute approximate surface area is 137 Å². The summed E-state index contributed by atoms with van der Waals surface area (Å²) in [6.07, 6.45) is 1.47. The van der Waals surface area contributed by atoms with Crippen molar-refractivity contribution in [2.24, 2.45) is 7.05 Å². The first kappa shape index (κ1) is 16.5. The van der Waals surface area contributed by atoms with Crippen LogP contribution in [0.15, 0.2) is 22.7 Å². The molecule has 21 heavy (non-hydrogen) atoms. The van der Waals surface area contributed by atoms with Gasteiger partial charge in [0.25, 0.3) is 0 Å². The second-order valence-corrected chi connectivity index (χ2v) is 6.13. The van der Waals surface area contributed by atoms with E-state index in [0.29, 0.717) is 17.0 Å². The van der Waals surface area contributed by atoms with E-state index in [9.17, 15) is 4.39 Å². The van der Waals surface area contributed by atoms with E-state index < -0.39 is 0 Å². The number of hydrogen-bond acceptors (Lipinski definition) is 2. The first-order valence-electron chi connectivity index (χ1n) is 6.80. The topological polar surface area (TPSA) is 29.9 Å². The van der Waals surface area contributed by atoms with E-state index in [4.69, 9.17) is 11.6 Å². The molecule has 0 fully saturated rings. The summed E-state index contributed by atoms with van der Waals surface area (Å²) in [5.74, 6) is -0.257. The minimum absolute atomic E-state index is 0.167. The van der Waals surface area contributed by atoms with Crippen LogP contribution in [0, 0.1) is 5.82 Å². The van der Waals surface area contributed by atoms with E-state index in [1.165, 1.54) is 6.07 Å². The van der Waals surface area contributed by atoms with Crippen molar-refractivity contribution >= 4 is 27.5 Å². The molecule has 1 atom stereocenters. The molecule has 0 bridgehead atoms. The number of hydrogen-bond donors (Lipinski definition) is 1. The Morgan fingerprint density at radius 1 is 1.48 bits per heavy atom. The van der Waals surface area contributed by atoms with Crippen molar-refractivity contribution < 1.29 is 4.39 Å². The quantitative estimate of drug-likeness (QED) is 0.856. The zero-order valence-electron chi connectivity index (χ0n) is 12.3.